The number of nitriles is 1. The molecule has 0 aliphatic carbocycles. The van der Waals surface area contributed by atoms with Crippen LogP contribution in [0.15, 0.2) is 30.3 Å². The predicted molar refractivity (Wildman–Crippen MR) is 131 cm³/mol. The molecule has 1 aliphatic rings. The number of aryl methyl sites for hydroxylation is 2. The third-order valence-electron chi connectivity index (χ3n) is 6.85. The molecule has 0 saturated carbocycles. The number of rotatable bonds is 4. The molecule has 0 N–H and O–H groups in total. The number of piperidine rings is 1. The highest BCUT2D eigenvalue weighted by Crippen LogP contribution is 2.34. The molecule has 1 aromatic heterocycles. The first-order valence-corrected chi connectivity index (χ1v) is 11.8. The van der Waals surface area contributed by atoms with E-state index in [1.54, 1.807) is 12.1 Å². The number of benzene rings is 2. The van der Waals surface area contributed by atoms with E-state index in [0.717, 1.165) is 60.1 Å². The minimum absolute atomic E-state index is 0.0194. The molecule has 32 heavy (non-hydrogen) atoms. The van der Waals surface area contributed by atoms with Crippen LogP contribution in [0.1, 0.15) is 58.9 Å². The largest absolute Gasteiger partial charge is 0.347 e. The van der Waals surface area contributed by atoms with Gasteiger partial charge in [-0.1, -0.05) is 36.5 Å². The summed E-state index contributed by atoms with van der Waals surface area (Å²) >= 11 is 13.3. The first-order chi connectivity index (χ1) is 15.3. The molecule has 0 atom stereocenters. The minimum Gasteiger partial charge on any atom is -0.347 e. The quantitative estimate of drug-likeness (QED) is 0.438. The number of carbonyl (C=O) groups is 1. The van der Waals surface area contributed by atoms with Crippen LogP contribution in [0.25, 0.3) is 10.9 Å². The highest BCUT2D eigenvalue weighted by atomic mass is 35.5. The summed E-state index contributed by atoms with van der Waals surface area (Å²) in [7, 11) is 1.98. The first kappa shape index (κ1) is 22.7. The van der Waals surface area contributed by atoms with Crippen molar-refractivity contribution in [1.29, 1.82) is 5.26 Å². The molecule has 1 fully saturated rings. The second-order valence-electron chi connectivity index (χ2n) is 8.74. The van der Waals surface area contributed by atoms with Gasteiger partial charge < -0.3 is 9.47 Å². The van der Waals surface area contributed by atoms with Gasteiger partial charge in [-0.3, -0.25) is 4.79 Å². The van der Waals surface area contributed by atoms with Gasteiger partial charge in [0.15, 0.2) is 0 Å². The third-order valence-corrected chi connectivity index (χ3v) is 7.64. The SMILES string of the molecule is CCC1CCN(C(=O)c2ccc(Cl)c(Cc3cc4c(C)cc(C#N)cc4n3C)c2Cl)CC1. The number of nitrogens with zero attached hydrogens (tertiary/aromatic N) is 3. The van der Waals surface area contributed by atoms with E-state index >= 15 is 0 Å². The van der Waals surface area contributed by atoms with Gasteiger partial charge in [0.05, 0.1) is 22.2 Å². The molecule has 0 unspecified atom stereocenters. The molecular weight excluding hydrogens is 441 g/mol. The molecule has 4 nitrogen and oxygen atoms in total. The number of amides is 1. The van der Waals surface area contributed by atoms with Gasteiger partial charge >= 0.3 is 0 Å². The molecular formula is C26H27Cl2N3O. The standard InChI is InChI=1S/C26H27Cl2N3O/c1-4-17-7-9-31(10-8-17)26(32)20-5-6-23(27)22(25(20)28)14-19-13-21-16(2)11-18(15-29)12-24(21)30(19)3/h5-6,11-13,17H,4,7-10,14H2,1-3H3. The molecule has 0 bridgehead atoms. The lowest BCUT2D eigenvalue weighted by Gasteiger charge is -2.32. The van der Waals surface area contributed by atoms with E-state index in [1.165, 1.54) is 0 Å². The molecule has 4 rings (SSSR count). The topological polar surface area (TPSA) is 49.0 Å². The lowest BCUT2D eigenvalue weighted by atomic mass is 9.94. The van der Waals surface area contributed by atoms with E-state index in [2.05, 4.69) is 23.6 Å². The van der Waals surface area contributed by atoms with Gasteiger partial charge in [0.1, 0.15) is 0 Å². The predicted octanol–water partition coefficient (Wildman–Crippen LogP) is 6.52. The Labute approximate surface area is 199 Å². The highest BCUT2D eigenvalue weighted by Gasteiger charge is 2.26. The van der Waals surface area contributed by atoms with Gasteiger partial charge in [-0.05, 0) is 67.1 Å². The summed E-state index contributed by atoms with van der Waals surface area (Å²) in [6.07, 6.45) is 3.75. The normalized spacial score (nSPS) is 14.7. The fourth-order valence-electron chi connectivity index (χ4n) is 4.72. The summed E-state index contributed by atoms with van der Waals surface area (Å²) in [5.41, 5.74) is 4.98. The second kappa shape index (κ2) is 9.17. The summed E-state index contributed by atoms with van der Waals surface area (Å²) in [5.74, 6) is 0.681. The average Bonchev–Trinajstić information content (AvgIpc) is 3.12. The Morgan fingerprint density at radius 3 is 2.56 bits per heavy atom. The fourth-order valence-corrected chi connectivity index (χ4v) is 5.30. The molecule has 166 valence electrons. The molecule has 1 amide bonds. The number of likely N-dealkylation sites (tertiary alicyclic amines) is 1. The molecule has 1 saturated heterocycles. The molecule has 1 aliphatic heterocycles. The van der Waals surface area contributed by atoms with Crippen LogP contribution < -0.4 is 0 Å². The van der Waals surface area contributed by atoms with E-state index < -0.39 is 0 Å². The maximum Gasteiger partial charge on any atom is 0.255 e. The van der Waals surface area contributed by atoms with Crippen molar-refractivity contribution in [2.24, 2.45) is 13.0 Å². The Morgan fingerprint density at radius 1 is 1.19 bits per heavy atom. The number of hydrogen-bond donors (Lipinski definition) is 0. The van der Waals surface area contributed by atoms with Crippen LogP contribution in [0.4, 0.5) is 0 Å². The highest BCUT2D eigenvalue weighted by molar-refractivity contribution is 6.38. The van der Waals surface area contributed by atoms with Gasteiger partial charge in [-0.25, -0.2) is 0 Å². The first-order valence-electron chi connectivity index (χ1n) is 11.1. The molecule has 2 aromatic carbocycles. The summed E-state index contributed by atoms with van der Waals surface area (Å²) in [5, 5.41) is 11.4. The zero-order valence-corrected chi connectivity index (χ0v) is 20.2. The molecule has 0 spiro atoms. The maximum atomic E-state index is 13.2. The van der Waals surface area contributed by atoms with E-state index in [-0.39, 0.29) is 5.91 Å². The van der Waals surface area contributed by atoms with Crippen LogP contribution in [0.5, 0.6) is 0 Å². The van der Waals surface area contributed by atoms with Crippen LogP contribution in [0.2, 0.25) is 10.0 Å². The number of aromatic nitrogens is 1. The van der Waals surface area contributed by atoms with Gasteiger partial charge in [-0.2, -0.15) is 5.26 Å². The van der Waals surface area contributed by atoms with Gasteiger partial charge in [0.2, 0.25) is 0 Å². The monoisotopic (exact) mass is 467 g/mol. The number of carbonyl (C=O) groups excluding carboxylic acids is 1. The van der Waals surface area contributed by atoms with E-state index in [1.807, 2.05) is 31.0 Å². The third kappa shape index (κ3) is 4.12. The average molecular weight is 468 g/mol. The van der Waals surface area contributed by atoms with Crippen molar-refractivity contribution in [3.05, 3.63) is 68.3 Å². The van der Waals surface area contributed by atoms with E-state index in [4.69, 9.17) is 23.2 Å². The summed E-state index contributed by atoms with van der Waals surface area (Å²) < 4.78 is 2.07. The van der Waals surface area contributed by atoms with Crippen LogP contribution >= 0.6 is 23.2 Å². The van der Waals surface area contributed by atoms with Crippen molar-refractivity contribution in [2.75, 3.05) is 13.1 Å². The van der Waals surface area contributed by atoms with Gasteiger partial charge in [-0.15, -0.1) is 0 Å². The van der Waals surface area contributed by atoms with Crippen molar-refractivity contribution < 1.29 is 4.79 Å². The lowest BCUT2D eigenvalue weighted by molar-refractivity contribution is 0.0689. The number of halogens is 2. The zero-order valence-electron chi connectivity index (χ0n) is 18.7. The second-order valence-corrected chi connectivity index (χ2v) is 9.53. The Balaban J connectivity index is 1.67. The smallest absolute Gasteiger partial charge is 0.255 e. The molecule has 0 radical (unpaired) electrons. The molecule has 6 heteroatoms. The van der Waals surface area contributed by atoms with Crippen LogP contribution in [-0.4, -0.2) is 28.5 Å². The zero-order chi connectivity index (χ0) is 23.0. The Kier molecular flexibility index (Phi) is 6.51. The van der Waals surface area contributed by atoms with Gasteiger partial charge in [0.25, 0.3) is 5.91 Å². The molecule has 2 heterocycles. The molecule has 3 aromatic rings. The Hall–Kier alpha value is -2.48. The summed E-state index contributed by atoms with van der Waals surface area (Å²) in [6.45, 7) is 5.76. The summed E-state index contributed by atoms with van der Waals surface area (Å²) in [4.78, 5) is 15.1. The van der Waals surface area contributed by atoms with E-state index in [0.29, 0.717) is 33.5 Å². The Morgan fingerprint density at radius 2 is 1.91 bits per heavy atom. The van der Waals surface area contributed by atoms with Crippen LogP contribution in [0, 0.1) is 24.2 Å². The van der Waals surface area contributed by atoms with Crippen LogP contribution in [0.3, 0.4) is 0 Å². The maximum absolute atomic E-state index is 13.2. The number of hydrogen-bond acceptors (Lipinski definition) is 2. The van der Waals surface area contributed by atoms with Crippen molar-refractivity contribution in [2.45, 2.75) is 39.5 Å². The van der Waals surface area contributed by atoms with Crippen molar-refractivity contribution in [3.63, 3.8) is 0 Å². The van der Waals surface area contributed by atoms with Crippen molar-refractivity contribution in [1.82, 2.24) is 9.47 Å². The van der Waals surface area contributed by atoms with Crippen molar-refractivity contribution >= 4 is 40.0 Å². The van der Waals surface area contributed by atoms with Crippen LogP contribution in [-0.2, 0) is 13.5 Å². The lowest BCUT2D eigenvalue weighted by Crippen LogP contribution is -2.38. The van der Waals surface area contributed by atoms with Gasteiger partial charge in [0, 0.05) is 48.2 Å². The summed E-state index contributed by atoms with van der Waals surface area (Å²) in [6, 6.07) is 11.6. The fraction of sp³-hybridized carbons (Fsp3) is 0.385. The minimum atomic E-state index is -0.0194. The Bertz CT molecular complexity index is 1230. The van der Waals surface area contributed by atoms with Crippen molar-refractivity contribution in [3.8, 4) is 6.07 Å². The van der Waals surface area contributed by atoms with E-state index in [9.17, 15) is 10.1 Å². The number of fused-ring (bicyclic) bond motifs is 1.